The molecule has 0 bridgehead atoms. The molecule has 1 unspecified atom stereocenters. The van der Waals surface area contributed by atoms with Gasteiger partial charge in [0.05, 0.1) is 16.6 Å². The highest BCUT2D eigenvalue weighted by molar-refractivity contribution is 7.89. The summed E-state index contributed by atoms with van der Waals surface area (Å²) < 4.78 is 40.1. The molecule has 0 spiro atoms. The number of aliphatic hydroxyl groups is 1. The van der Waals surface area contributed by atoms with Gasteiger partial charge in [-0.25, -0.2) is 22.3 Å². The number of hydrogen-bond acceptors (Lipinski definition) is 4. The summed E-state index contributed by atoms with van der Waals surface area (Å²) in [6, 6.07) is 1.68. The second kappa shape index (κ2) is 5.70. The van der Waals surface area contributed by atoms with Gasteiger partial charge in [0.1, 0.15) is 5.82 Å². The van der Waals surface area contributed by atoms with Crippen molar-refractivity contribution >= 4 is 16.0 Å². The van der Waals surface area contributed by atoms with Gasteiger partial charge in [-0.05, 0) is 37.8 Å². The molecule has 0 aromatic heterocycles. The third-order valence-corrected chi connectivity index (χ3v) is 5.03. The van der Waals surface area contributed by atoms with Crippen molar-refractivity contribution in [1.29, 1.82) is 0 Å². The Balaban J connectivity index is 2.27. The van der Waals surface area contributed by atoms with Crippen molar-refractivity contribution in [2.75, 3.05) is 6.54 Å². The number of rotatable bonds is 6. The third-order valence-electron chi connectivity index (χ3n) is 3.48. The van der Waals surface area contributed by atoms with E-state index in [0.29, 0.717) is 0 Å². The minimum Gasteiger partial charge on any atom is -0.478 e. The number of carboxylic acids is 1. The number of nitrogens with one attached hydrogen (secondary N) is 1. The Kier molecular flexibility index (Phi) is 4.31. The quantitative estimate of drug-likeness (QED) is 0.722. The van der Waals surface area contributed by atoms with E-state index in [1.807, 2.05) is 0 Å². The van der Waals surface area contributed by atoms with Crippen molar-refractivity contribution in [2.24, 2.45) is 5.92 Å². The zero-order chi connectivity index (χ0) is 15.8. The Bertz CT molecular complexity index is 669. The average molecular weight is 317 g/mol. The van der Waals surface area contributed by atoms with Crippen molar-refractivity contribution < 1.29 is 27.8 Å². The first-order chi connectivity index (χ1) is 9.72. The highest BCUT2D eigenvalue weighted by atomic mass is 32.2. The average Bonchev–Trinajstić information content (AvgIpc) is 3.23. The third kappa shape index (κ3) is 3.58. The fraction of sp³-hybridized carbons (Fsp3) is 0.462. The minimum absolute atomic E-state index is 0.0934. The summed E-state index contributed by atoms with van der Waals surface area (Å²) in [7, 11) is -4.08. The van der Waals surface area contributed by atoms with E-state index in [0.717, 1.165) is 25.0 Å². The molecule has 1 aromatic rings. The number of aliphatic hydroxyl groups excluding tert-OH is 1. The van der Waals surface area contributed by atoms with Gasteiger partial charge in [0, 0.05) is 12.1 Å². The van der Waals surface area contributed by atoms with Crippen LogP contribution < -0.4 is 4.72 Å². The molecule has 0 amide bonds. The first kappa shape index (κ1) is 15.9. The molecule has 0 heterocycles. The fourth-order valence-corrected chi connectivity index (χ4v) is 3.31. The van der Waals surface area contributed by atoms with Crippen LogP contribution in [0.1, 0.15) is 28.8 Å². The van der Waals surface area contributed by atoms with Gasteiger partial charge in [0.15, 0.2) is 0 Å². The standard InChI is InChI=1S/C13H16FNO5S/c1-7-10(14)4-9(13(17)18)5-12(7)21(19,20)15-6-11(16)8-2-3-8/h4-5,8,11,15-16H,2-3,6H2,1H3,(H,17,18). The lowest BCUT2D eigenvalue weighted by atomic mass is 10.1. The van der Waals surface area contributed by atoms with E-state index in [-0.39, 0.29) is 18.0 Å². The van der Waals surface area contributed by atoms with Gasteiger partial charge in [-0.2, -0.15) is 0 Å². The van der Waals surface area contributed by atoms with Crippen LogP contribution in [0.5, 0.6) is 0 Å². The molecule has 6 nitrogen and oxygen atoms in total. The Hall–Kier alpha value is -1.51. The number of sulfonamides is 1. The number of aromatic carboxylic acids is 1. The topological polar surface area (TPSA) is 104 Å². The molecular weight excluding hydrogens is 301 g/mol. The summed E-state index contributed by atoms with van der Waals surface area (Å²) in [5, 5.41) is 18.5. The van der Waals surface area contributed by atoms with Crippen molar-refractivity contribution in [3.8, 4) is 0 Å². The zero-order valence-electron chi connectivity index (χ0n) is 11.3. The smallest absolute Gasteiger partial charge is 0.335 e. The van der Waals surface area contributed by atoms with E-state index in [2.05, 4.69) is 4.72 Å². The van der Waals surface area contributed by atoms with Gasteiger partial charge in [-0.1, -0.05) is 0 Å². The monoisotopic (exact) mass is 317 g/mol. The molecule has 1 aromatic carbocycles. The lowest BCUT2D eigenvalue weighted by Crippen LogP contribution is -2.33. The van der Waals surface area contributed by atoms with Crippen molar-refractivity contribution in [3.63, 3.8) is 0 Å². The van der Waals surface area contributed by atoms with Crippen LogP contribution in [-0.4, -0.2) is 37.2 Å². The van der Waals surface area contributed by atoms with Gasteiger partial charge in [-0.15, -0.1) is 0 Å². The molecule has 2 rings (SSSR count). The minimum atomic E-state index is -4.08. The number of carboxylic acid groups (broad SMARTS) is 1. The molecule has 1 aliphatic carbocycles. The Morgan fingerprint density at radius 1 is 1.48 bits per heavy atom. The van der Waals surface area contributed by atoms with Gasteiger partial charge in [0.25, 0.3) is 0 Å². The van der Waals surface area contributed by atoms with E-state index >= 15 is 0 Å². The molecule has 0 aliphatic heterocycles. The van der Waals surface area contributed by atoms with Gasteiger partial charge in [0.2, 0.25) is 10.0 Å². The number of halogens is 1. The fourth-order valence-electron chi connectivity index (χ4n) is 1.98. The van der Waals surface area contributed by atoms with Crippen molar-refractivity contribution in [1.82, 2.24) is 4.72 Å². The summed E-state index contributed by atoms with van der Waals surface area (Å²) in [6.07, 6.45) is 0.920. The van der Waals surface area contributed by atoms with Crippen LogP contribution in [0.3, 0.4) is 0 Å². The van der Waals surface area contributed by atoms with Crippen LogP contribution in [0, 0.1) is 18.7 Å². The van der Waals surface area contributed by atoms with E-state index in [1.54, 1.807) is 0 Å². The maximum absolute atomic E-state index is 13.7. The lowest BCUT2D eigenvalue weighted by molar-refractivity contribution is 0.0696. The van der Waals surface area contributed by atoms with Crippen LogP contribution in [0.2, 0.25) is 0 Å². The predicted octanol–water partition coefficient (Wildman–Crippen LogP) is 0.882. The molecule has 1 fully saturated rings. The van der Waals surface area contributed by atoms with Crippen LogP contribution in [0.15, 0.2) is 17.0 Å². The SMILES string of the molecule is Cc1c(F)cc(C(=O)O)cc1S(=O)(=O)NCC(O)C1CC1. The predicted molar refractivity (Wildman–Crippen MR) is 72.0 cm³/mol. The van der Waals surface area contributed by atoms with Crippen LogP contribution >= 0.6 is 0 Å². The summed E-state index contributed by atoms with van der Waals surface area (Å²) in [5.74, 6) is -2.22. The number of benzene rings is 1. The highest BCUT2D eigenvalue weighted by Crippen LogP contribution is 2.32. The molecule has 1 saturated carbocycles. The van der Waals surface area contributed by atoms with E-state index in [9.17, 15) is 22.7 Å². The number of carbonyl (C=O) groups is 1. The molecule has 1 atom stereocenters. The molecule has 3 N–H and O–H groups in total. The Morgan fingerprint density at radius 2 is 2.10 bits per heavy atom. The maximum Gasteiger partial charge on any atom is 0.335 e. The van der Waals surface area contributed by atoms with Crippen LogP contribution in [0.25, 0.3) is 0 Å². The molecule has 116 valence electrons. The highest BCUT2D eigenvalue weighted by Gasteiger charge is 2.31. The molecular formula is C13H16FNO5S. The van der Waals surface area contributed by atoms with Gasteiger partial charge in [-0.3, -0.25) is 0 Å². The molecule has 0 saturated heterocycles. The number of hydrogen-bond donors (Lipinski definition) is 3. The second-order valence-electron chi connectivity index (χ2n) is 5.14. The first-order valence-corrected chi connectivity index (χ1v) is 7.92. The molecule has 8 heteroatoms. The first-order valence-electron chi connectivity index (χ1n) is 6.43. The summed E-state index contributed by atoms with van der Waals surface area (Å²) in [4.78, 5) is 10.5. The largest absolute Gasteiger partial charge is 0.478 e. The zero-order valence-corrected chi connectivity index (χ0v) is 12.2. The van der Waals surface area contributed by atoms with Gasteiger partial charge >= 0.3 is 5.97 Å². The summed E-state index contributed by atoms with van der Waals surface area (Å²) in [5.41, 5.74) is -0.602. The van der Waals surface area contributed by atoms with Crippen LogP contribution in [0.4, 0.5) is 4.39 Å². The Morgan fingerprint density at radius 3 is 2.62 bits per heavy atom. The van der Waals surface area contributed by atoms with Crippen molar-refractivity contribution in [2.45, 2.75) is 30.8 Å². The second-order valence-corrected chi connectivity index (χ2v) is 6.88. The molecule has 21 heavy (non-hydrogen) atoms. The molecule has 0 radical (unpaired) electrons. The van der Waals surface area contributed by atoms with Crippen LogP contribution in [-0.2, 0) is 10.0 Å². The normalized spacial score (nSPS) is 16.7. The van der Waals surface area contributed by atoms with Gasteiger partial charge < -0.3 is 10.2 Å². The van der Waals surface area contributed by atoms with Crippen molar-refractivity contribution in [3.05, 3.63) is 29.1 Å². The Labute approximate surface area is 121 Å². The lowest BCUT2D eigenvalue weighted by Gasteiger charge is -2.13. The van der Waals surface area contributed by atoms with E-state index in [4.69, 9.17) is 5.11 Å². The van der Waals surface area contributed by atoms with E-state index in [1.165, 1.54) is 6.92 Å². The molecule has 1 aliphatic rings. The van der Waals surface area contributed by atoms with E-state index < -0.39 is 38.4 Å². The summed E-state index contributed by atoms with van der Waals surface area (Å²) in [6.45, 7) is 1.08. The maximum atomic E-state index is 13.7. The summed E-state index contributed by atoms with van der Waals surface area (Å²) >= 11 is 0.